The molecule has 2 aliphatic rings. The van der Waals surface area contributed by atoms with Gasteiger partial charge in [-0.25, -0.2) is 4.39 Å². The molecule has 0 N–H and O–H groups in total. The van der Waals surface area contributed by atoms with E-state index in [-0.39, 0.29) is 23.1 Å². The van der Waals surface area contributed by atoms with Gasteiger partial charge in [-0.1, -0.05) is 12.1 Å². The van der Waals surface area contributed by atoms with Gasteiger partial charge in [0.05, 0.1) is 17.3 Å². The minimum Gasteiger partial charge on any atom is -0.490 e. The minimum atomic E-state index is -0.466. The topological polar surface area (TPSA) is 27.7 Å². The summed E-state index contributed by atoms with van der Waals surface area (Å²) < 4.78 is 31.4. The first-order valence-corrected chi connectivity index (χ1v) is 7.77. The molecule has 1 aliphatic carbocycles. The lowest BCUT2D eigenvalue weighted by Crippen LogP contribution is -2.41. The van der Waals surface area contributed by atoms with Gasteiger partial charge in [-0.3, -0.25) is 0 Å². The Balaban J connectivity index is 1.68. The second-order valence-electron chi connectivity index (χ2n) is 6.98. The molecule has 22 heavy (non-hydrogen) atoms. The second-order valence-corrected chi connectivity index (χ2v) is 6.98. The van der Waals surface area contributed by atoms with Gasteiger partial charge in [-0.05, 0) is 52.7 Å². The highest BCUT2D eigenvalue weighted by Gasteiger charge is 2.50. The van der Waals surface area contributed by atoms with Crippen molar-refractivity contribution in [1.29, 1.82) is 0 Å². The van der Waals surface area contributed by atoms with Crippen LogP contribution in [0.2, 0.25) is 0 Å². The van der Waals surface area contributed by atoms with Gasteiger partial charge in [0, 0.05) is 11.6 Å². The van der Waals surface area contributed by atoms with Gasteiger partial charge in [-0.15, -0.1) is 0 Å². The summed E-state index contributed by atoms with van der Waals surface area (Å²) in [5.74, 6) is 2.04. The SMILES string of the molecule is CC1(C)OB(C=Cc2ccc(OC3CC3)cc2F)OC1(C)C. The lowest BCUT2D eigenvalue weighted by molar-refractivity contribution is 0.00578. The maximum absolute atomic E-state index is 14.1. The van der Waals surface area contributed by atoms with Crippen LogP contribution in [0.1, 0.15) is 46.1 Å². The normalized spacial score (nSPS) is 23.2. The van der Waals surface area contributed by atoms with Crippen molar-refractivity contribution < 1.29 is 18.4 Å². The summed E-state index contributed by atoms with van der Waals surface area (Å²) in [6.45, 7) is 7.97. The Hall–Kier alpha value is -1.33. The Labute approximate surface area is 131 Å². The van der Waals surface area contributed by atoms with Gasteiger partial charge in [0.15, 0.2) is 0 Å². The first-order valence-electron chi connectivity index (χ1n) is 7.77. The molecule has 0 unspecified atom stereocenters. The zero-order valence-electron chi connectivity index (χ0n) is 13.6. The molecule has 118 valence electrons. The van der Waals surface area contributed by atoms with Crippen molar-refractivity contribution in [2.24, 2.45) is 0 Å². The number of ether oxygens (including phenoxy) is 1. The van der Waals surface area contributed by atoms with Crippen LogP contribution in [0, 0.1) is 5.82 Å². The minimum absolute atomic E-state index is 0.269. The molecular weight excluding hydrogens is 282 g/mol. The number of rotatable bonds is 4. The quantitative estimate of drug-likeness (QED) is 0.787. The highest BCUT2D eigenvalue weighted by molar-refractivity contribution is 6.52. The average molecular weight is 304 g/mol. The summed E-state index contributed by atoms with van der Waals surface area (Å²) in [7, 11) is -0.466. The highest BCUT2D eigenvalue weighted by atomic mass is 19.1. The molecule has 0 bridgehead atoms. The standard InChI is InChI=1S/C17H22BFO3/c1-16(2)17(3,4)22-18(21-16)10-9-12-5-6-14(11-15(12)19)20-13-7-8-13/h5-6,9-11,13H,7-8H2,1-4H3. The van der Waals surface area contributed by atoms with Crippen LogP contribution in [0.3, 0.4) is 0 Å². The van der Waals surface area contributed by atoms with Crippen LogP contribution in [0.4, 0.5) is 4.39 Å². The van der Waals surface area contributed by atoms with Crippen LogP contribution in [0.5, 0.6) is 5.75 Å². The largest absolute Gasteiger partial charge is 0.490 e. The smallest absolute Gasteiger partial charge is 0.487 e. The maximum Gasteiger partial charge on any atom is 0.487 e. The molecule has 0 amide bonds. The third-order valence-corrected chi connectivity index (χ3v) is 4.50. The van der Waals surface area contributed by atoms with Crippen LogP contribution in [-0.4, -0.2) is 24.4 Å². The first-order chi connectivity index (χ1) is 10.3. The van der Waals surface area contributed by atoms with Gasteiger partial charge in [0.1, 0.15) is 11.6 Å². The fourth-order valence-electron chi connectivity index (χ4n) is 2.24. The molecule has 2 fully saturated rings. The third-order valence-electron chi connectivity index (χ3n) is 4.50. The van der Waals surface area contributed by atoms with Gasteiger partial charge < -0.3 is 14.0 Å². The molecule has 3 nitrogen and oxygen atoms in total. The van der Waals surface area contributed by atoms with E-state index in [0.29, 0.717) is 11.3 Å². The molecule has 0 atom stereocenters. The van der Waals surface area contributed by atoms with Crippen LogP contribution in [0.15, 0.2) is 24.2 Å². The zero-order valence-corrected chi connectivity index (χ0v) is 13.6. The molecule has 0 aromatic heterocycles. The van der Waals surface area contributed by atoms with Gasteiger partial charge in [0.25, 0.3) is 0 Å². The van der Waals surface area contributed by atoms with Gasteiger partial charge in [-0.2, -0.15) is 0 Å². The van der Waals surface area contributed by atoms with Crippen molar-refractivity contribution >= 4 is 13.2 Å². The molecular formula is C17H22BFO3. The van der Waals surface area contributed by atoms with Crippen LogP contribution >= 0.6 is 0 Å². The van der Waals surface area contributed by atoms with E-state index in [1.54, 1.807) is 24.2 Å². The second kappa shape index (κ2) is 5.39. The molecule has 1 aromatic carbocycles. The molecule has 1 heterocycles. The number of hydrogen-bond donors (Lipinski definition) is 0. The van der Waals surface area contributed by atoms with Crippen LogP contribution in [0.25, 0.3) is 6.08 Å². The lowest BCUT2D eigenvalue weighted by Gasteiger charge is -2.32. The fraction of sp³-hybridized carbons (Fsp3) is 0.529. The Morgan fingerprint density at radius 3 is 2.36 bits per heavy atom. The van der Waals surface area contributed by atoms with Crippen molar-refractivity contribution in [1.82, 2.24) is 0 Å². The van der Waals surface area contributed by atoms with E-state index in [4.69, 9.17) is 14.0 Å². The Morgan fingerprint density at radius 1 is 1.18 bits per heavy atom. The van der Waals surface area contributed by atoms with E-state index in [1.165, 1.54) is 6.07 Å². The van der Waals surface area contributed by atoms with Gasteiger partial charge in [0.2, 0.25) is 0 Å². The molecule has 5 heteroatoms. The first kappa shape index (κ1) is 15.6. The summed E-state index contributed by atoms with van der Waals surface area (Å²) in [6.07, 6.45) is 4.08. The fourth-order valence-corrected chi connectivity index (χ4v) is 2.24. The predicted molar refractivity (Wildman–Crippen MR) is 85.2 cm³/mol. The third kappa shape index (κ3) is 3.20. The van der Waals surface area contributed by atoms with Crippen molar-refractivity contribution in [3.8, 4) is 5.75 Å². The van der Waals surface area contributed by atoms with E-state index >= 15 is 0 Å². The summed E-state index contributed by atoms with van der Waals surface area (Å²) in [4.78, 5) is 0. The molecule has 3 rings (SSSR count). The highest BCUT2D eigenvalue weighted by Crippen LogP contribution is 2.37. The van der Waals surface area contributed by atoms with Gasteiger partial charge >= 0.3 is 7.12 Å². The van der Waals surface area contributed by atoms with E-state index in [1.807, 2.05) is 27.7 Å². The number of halogens is 1. The van der Waals surface area contributed by atoms with E-state index < -0.39 is 7.12 Å². The summed E-state index contributed by atoms with van der Waals surface area (Å²) in [5.41, 5.74) is -0.275. The predicted octanol–water partition coefficient (Wildman–Crippen LogP) is 4.01. The van der Waals surface area contributed by atoms with E-state index in [2.05, 4.69) is 0 Å². The molecule has 1 aromatic rings. The van der Waals surface area contributed by atoms with Crippen molar-refractivity contribution in [2.45, 2.75) is 57.8 Å². The van der Waals surface area contributed by atoms with E-state index in [9.17, 15) is 4.39 Å². The number of hydrogen-bond acceptors (Lipinski definition) is 3. The molecule has 0 spiro atoms. The van der Waals surface area contributed by atoms with Crippen molar-refractivity contribution in [3.05, 3.63) is 35.6 Å². The maximum atomic E-state index is 14.1. The summed E-state index contributed by atoms with van der Waals surface area (Å²) >= 11 is 0. The lowest BCUT2D eigenvalue weighted by atomic mass is 9.89. The van der Waals surface area contributed by atoms with Crippen molar-refractivity contribution in [2.75, 3.05) is 0 Å². The zero-order chi connectivity index (χ0) is 16.0. The Morgan fingerprint density at radius 2 is 1.82 bits per heavy atom. The molecule has 1 aliphatic heterocycles. The molecule has 1 saturated carbocycles. The van der Waals surface area contributed by atoms with Crippen molar-refractivity contribution in [3.63, 3.8) is 0 Å². The summed E-state index contributed by atoms with van der Waals surface area (Å²) in [5, 5.41) is 0. The summed E-state index contributed by atoms with van der Waals surface area (Å²) in [6, 6.07) is 4.95. The number of benzene rings is 1. The van der Waals surface area contributed by atoms with Crippen LogP contribution < -0.4 is 4.74 Å². The molecule has 0 radical (unpaired) electrons. The molecule has 1 saturated heterocycles. The monoisotopic (exact) mass is 304 g/mol. The average Bonchev–Trinajstić information content (AvgIpc) is 3.16. The Kier molecular flexibility index (Phi) is 3.81. The Bertz CT molecular complexity index is 578. The van der Waals surface area contributed by atoms with Crippen LogP contribution in [-0.2, 0) is 9.31 Å². The van der Waals surface area contributed by atoms with E-state index in [0.717, 1.165) is 12.8 Å².